The van der Waals surface area contributed by atoms with Gasteiger partial charge < -0.3 is 4.74 Å². The van der Waals surface area contributed by atoms with Crippen LogP contribution in [-0.4, -0.2) is 5.97 Å². The van der Waals surface area contributed by atoms with Crippen molar-refractivity contribution in [1.29, 1.82) is 0 Å². The molecule has 1 aromatic carbocycles. The zero-order valence-electron chi connectivity index (χ0n) is 8.89. The minimum absolute atomic E-state index is 0.159. The van der Waals surface area contributed by atoms with Crippen LogP contribution in [-0.2, 0) is 4.79 Å². The van der Waals surface area contributed by atoms with Gasteiger partial charge in [0.25, 0.3) is 0 Å². The van der Waals surface area contributed by atoms with Gasteiger partial charge in [-0.15, -0.1) is 0 Å². The van der Waals surface area contributed by atoms with Crippen molar-refractivity contribution in [3.63, 3.8) is 0 Å². The van der Waals surface area contributed by atoms with Gasteiger partial charge >= 0.3 is 5.97 Å². The van der Waals surface area contributed by atoms with Crippen LogP contribution in [0.5, 0.6) is 5.75 Å². The van der Waals surface area contributed by atoms with E-state index in [1.165, 1.54) is 5.56 Å². The summed E-state index contributed by atoms with van der Waals surface area (Å²) in [7, 11) is 0. The van der Waals surface area contributed by atoms with Crippen molar-refractivity contribution in [2.75, 3.05) is 0 Å². The molecule has 0 fully saturated rings. The molecule has 0 aliphatic heterocycles. The molecule has 0 amide bonds. The van der Waals surface area contributed by atoms with Gasteiger partial charge in [0.2, 0.25) is 0 Å². The van der Waals surface area contributed by atoms with Crippen molar-refractivity contribution in [3.05, 3.63) is 35.7 Å². The second kappa shape index (κ2) is 4.27. The van der Waals surface area contributed by atoms with Gasteiger partial charge in [-0.05, 0) is 38.8 Å². The highest BCUT2D eigenvalue weighted by Crippen LogP contribution is 2.24. The molecule has 0 aliphatic rings. The van der Waals surface area contributed by atoms with Crippen molar-refractivity contribution >= 4 is 5.97 Å². The number of carbonyl (C=O) groups is 1. The molecule has 2 nitrogen and oxygen atoms in total. The maximum absolute atomic E-state index is 11.1. The summed E-state index contributed by atoms with van der Waals surface area (Å²) in [6.45, 7) is 9.38. The first-order valence-electron chi connectivity index (χ1n) is 4.62. The van der Waals surface area contributed by atoms with E-state index in [0.717, 1.165) is 11.1 Å². The SMILES string of the molecule is [CH2]CC(=O)Oc1c(C)cc(C)cc1C. The first-order valence-corrected chi connectivity index (χ1v) is 4.62. The van der Waals surface area contributed by atoms with E-state index < -0.39 is 0 Å². The normalized spacial score (nSPS) is 10.0. The first-order chi connectivity index (χ1) is 6.54. The predicted molar refractivity (Wildman–Crippen MR) is 56.3 cm³/mol. The van der Waals surface area contributed by atoms with Crippen LogP contribution in [0.2, 0.25) is 0 Å². The Morgan fingerprint density at radius 1 is 1.29 bits per heavy atom. The van der Waals surface area contributed by atoms with Crippen molar-refractivity contribution in [2.24, 2.45) is 0 Å². The molecule has 0 saturated heterocycles. The molecule has 0 aromatic heterocycles. The third kappa shape index (κ3) is 2.34. The van der Waals surface area contributed by atoms with Crippen LogP contribution in [0, 0.1) is 27.7 Å². The average Bonchev–Trinajstić information content (AvgIpc) is 2.10. The number of hydrogen-bond acceptors (Lipinski definition) is 2. The molecule has 0 unspecified atom stereocenters. The third-order valence-electron chi connectivity index (χ3n) is 2.02. The molecular formula is C12H15O2. The highest BCUT2D eigenvalue weighted by atomic mass is 16.5. The molecule has 14 heavy (non-hydrogen) atoms. The Morgan fingerprint density at radius 2 is 1.79 bits per heavy atom. The zero-order chi connectivity index (χ0) is 10.7. The third-order valence-corrected chi connectivity index (χ3v) is 2.02. The van der Waals surface area contributed by atoms with Crippen molar-refractivity contribution in [2.45, 2.75) is 27.2 Å². The second-order valence-electron chi connectivity index (χ2n) is 3.45. The molecule has 0 N–H and O–H groups in total. The van der Waals surface area contributed by atoms with E-state index in [0.29, 0.717) is 5.75 Å². The summed E-state index contributed by atoms with van der Waals surface area (Å²) in [5.41, 5.74) is 3.16. The number of aryl methyl sites for hydroxylation is 3. The Labute approximate surface area is 84.9 Å². The molecule has 0 bridgehead atoms. The minimum Gasteiger partial charge on any atom is -0.426 e. The van der Waals surface area contributed by atoms with E-state index >= 15 is 0 Å². The van der Waals surface area contributed by atoms with Gasteiger partial charge in [-0.3, -0.25) is 4.79 Å². The van der Waals surface area contributed by atoms with E-state index in [4.69, 9.17) is 4.74 Å². The summed E-state index contributed by atoms with van der Waals surface area (Å²) in [5, 5.41) is 0. The van der Waals surface area contributed by atoms with E-state index in [2.05, 4.69) is 6.92 Å². The molecule has 0 spiro atoms. The second-order valence-corrected chi connectivity index (χ2v) is 3.45. The fourth-order valence-electron chi connectivity index (χ4n) is 1.49. The Bertz CT molecular complexity index is 330. The summed E-state index contributed by atoms with van der Waals surface area (Å²) in [5.74, 6) is 0.379. The Kier molecular flexibility index (Phi) is 3.28. The van der Waals surface area contributed by atoms with Gasteiger partial charge in [-0.25, -0.2) is 0 Å². The van der Waals surface area contributed by atoms with Crippen molar-refractivity contribution in [1.82, 2.24) is 0 Å². The lowest BCUT2D eigenvalue weighted by molar-refractivity contribution is -0.133. The Morgan fingerprint density at radius 3 is 2.21 bits per heavy atom. The maximum atomic E-state index is 11.1. The molecule has 2 heteroatoms. The van der Waals surface area contributed by atoms with Crippen LogP contribution >= 0.6 is 0 Å². The van der Waals surface area contributed by atoms with Gasteiger partial charge in [-0.1, -0.05) is 17.7 Å². The lowest BCUT2D eigenvalue weighted by Crippen LogP contribution is -2.08. The number of ether oxygens (including phenoxy) is 1. The predicted octanol–water partition coefficient (Wildman–Crippen LogP) is 2.74. The molecule has 75 valence electrons. The Hall–Kier alpha value is -1.31. The molecular weight excluding hydrogens is 176 g/mol. The van der Waals surface area contributed by atoms with Gasteiger partial charge in [0, 0.05) is 6.42 Å². The number of hydrogen-bond donors (Lipinski definition) is 0. The number of carbonyl (C=O) groups excluding carboxylic acids is 1. The van der Waals surface area contributed by atoms with Gasteiger partial charge in [0.15, 0.2) is 0 Å². The summed E-state index contributed by atoms with van der Waals surface area (Å²) in [6, 6.07) is 4.00. The minimum atomic E-state index is -0.292. The topological polar surface area (TPSA) is 26.3 Å². The Balaban J connectivity index is 3.02. The zero-order valence-corrected chi connectivity index (χ0v) is 8.89. The number of rotatable bonds is 2. The fourth-order valence-corrected chi connectivity index (χ4v) is 1.49. The summed E-state index contributed by atoms with van der Waals surface area (Å²) >= 11 is 0. The molecule has 0 atom stereocenters. The number of esters is 1. The van der Waals surface area contributed by atoms with E-state index in [-0.39, 0.29) is 12.4 Å². The van der Waals surface area contributed by atoms with Crippen LogP contribution in [0.25, 0.3) is 0 Å². The summed E-state index contributed by atoms with van der Waals surface area (Å²) < 4.78 is 5.18. The van der Waals surface area contributed by atoms with Crippen LogP contribution in [0.1, 0.15) is 23.1 Å². The maximum Gasteiger partial charge on any atom is 0.311 e. The lowest BCUT2D eigenvalue weighted by Gasteiger charge is -2.10. The molecule has 0 saturated carbocycles. The molecule has 0 heterocycles. The van der Waals surface area contributed by atoms with Crippen molar-refractivity contribution < 1.29 is 9.53 Å². The fraction of sp³-hybridized carbons (Fsp3) is 0.333. The van der Waals surface area contributed by atoms with Crippen LogP contribution in [0.15, 0.2) is 12.1 Å². The molecule has 1 aromatic rings. The quantitative estimate of drug-likeness (QED) is 0.530. The highest BCUT2D eigenvalue weighted by molar-refractivity contribution is 5.73. The average molecular weight is 191 g/mol. The van der Waals surface area contributed by atoms with Gasteiger partial charge in [-0.2, -0.15) is 0 Å². The molecule has 0 aliphatic carbocycles. The first kappa shape index (κ1) is 10.8. The summed E-state index contributed by atoms with van der Waals surface area (Å²) in [6.07, 6.45) is 0.159. The van der Waals surface area contributed by atoms with E-state index in [1.807, 2.05) is 32.9 Å². The highest BCUT2D eigenvalue weighted by Gasteiger charge is 2.08. The monoisotopic (exact) mass is 191 g/mol. The summed E-state index contributed by atoms with van der Waals surface area (Å²) in [4.78, 5) is 11.1. The van der Waals surface area contributed by atoms with E-state index in [1.54, 1.807) is 0 Å². The molecule has 1 radical (unpaired) electrons. The lowest BCUT2D eigenvalue weighted by atomic mass is 10.1. The largest absolute Gasteiger partial charge is 0.426 e. The van der Waals surface area contributed by atoms with Crippen LogP contribution in [0.3, 0.4) is 0 Å². The van der Waals surface area contributed by atoms with Crippen molar-refractivity contribution in [3.8, 4) is 5.75 Å². The van der Waals surface area contributed by atoms with Crippen LogP contribution in [0.4, 0.5) is 0 Å². The smallest absolute Gasteiger partial charge is 0.311 e. The standard InChI is InChI=1S/C12H15O2/c1-5-11(13)14-12-9(3)6-8(2)7-10(12)4/h6-7H,1,5H2,2-4H3. The van der Waals surface area contributed by atoms with E-state index in [9.17, 15) is 4.79 Å². The van der Waals surface area contributed by atoms with Crippen LogP contribution < -0.4 is 4.74 Å². The number of benzene rings is 1. The van der Waals surface area contributed by atoms with Gasteiger partial charge in [0.1, 0.15) is 5.75 Å². The van der Waals surface area contributed by atoms with Gasteiger partial charge in [0.05, 0.1) is 0 Å². The molecule has 1 rings (SSSR count).